The third-order valence-electron chi connectivity index (χ3n) is 3.70. The number of nitrogens with zero attached hydrogens (tertiary/aromatic N) is 1. The molecule has 21 heavy (non-hydrogen) atoms. The second kappa shape index (κ2) is 6.79. The normalized spacial score (nSPS) is 21.5. The lowest BCUT2D eigenvalue weighted by Crippen LogP contribution is -2.31. The first-order valence-corrected chi connectivity index (χ1v) is 7.29. The summed E-state index contributed by atoms with van der Waals surface area (Å²) >= 11 is 12.1. The maximum absolute atomic E-state index is 10.7. The first-order chi connectivity index (χ1) is 9.97. The Kier molecular flexibility index (Phi) is 5.27. The number of hydrogen-bond donors (Lipinski definition) is 2. The molecule has 6 nitrogen and oxygen atoms in total. The highest BCUT2D eigenvalue weighted by atomic mass is 35.5. The van der Waals surface area contributed by atoms with Gasteiger partial charge in [-0.3, -0.25) is 10.1 Å². The van der Waals surface area contributed by atoms with E-state index in [2.05, 4.69) is 5.32 Å². The van der Waals surface area contributed by atoms with Gasteiger partial charge in [0.05, 0.1) is 27.3 Å². The molecule has 116 valence electrons. The zero-order valence-electron chi connectivity index (χ0n) is 11.3. The van der Waals surface area contributed by atoms with Gasteiger partial charge < -0.3 is 15.2 Å². The topological polar surface area (TPSA) is 84.6 Å². The van der Waals surface area contributed by atoms with E-state index in [0.717, 1.165) is 6.42 Å². The van der Waals surface area contributed by atoms with E-state index in [9.17, 15) is 15.2 Å². The third-order valence-corrected chi connectivity index (χ3v) is 4.30. The molecule has 0 saturated carbocycles. The van der Waals surface area contributed by atoms with Gasteiger partial charge in [0.25, 0.3) is 5.69 Å². The molecule has 1 aliphatic heterocycles. The van der Waals surface area contributed by atoms with E-state index in [-0.39, 0.29) is 27.8 Å². The van der Waals surface area contributed by atoms with Crippen LogP contribution in [0.1, 0.15) is 12.8 Å². The molecule has 0 amide bonds. The highest BCUT2D eigenvalue weighted by Gasteiger charge is 2.34. The Morgan fingerprint density at radius 3 is 2.57 bits per heavy atom. The fourth-order valence-electron chi connectivity index (χ4n) is 2.42. The lowest BCUT2D eigenvalue weighted by Gasteiger charge is -2.27. The number of rotatable bonds is 6. The van der Waals surface area contributed by atoms with Gasteiger partial charge in [0.1, 0.15) is 0 Å². The number of nitro benzene ring substituents is 1. The Morgan fingerprint density at radius 2 is 2.10 bits per heavy atom. The number of anilines is 1. The lowest BCUT2D eigenvalue weighted by atomic mass is 9.84. The van der Waals surface area contributed by atoms with Crippen molar-refractivity contribution in [2.45, 2.75) is 12.8 Å². The molecule has 0 aromatic heterocycles. The molecule has 0 spiro atoms. The minimum absolute atomic E-state index is 0.0762. The molecular formula is C13H16Cl2N2O4. The number of aliphatic hydroxyl groups excluding tert-OH is 1. The number of benzene rings is 1. The van der Waals surface area contributed by atoms with E-state index < -0.39 is 4.92 Å². The van der Waals surface area contributed by atoms with Crippen LogP contribution in [0.5, 0.6) is 0 Å². The largest absolute Gasteiger partial charge is 0.396 e. The summed E-state index contributed by atoms with van der Waals surface area (Å²) < 4.78 is 5.41. The fraction of sp³-hybridized carbons (Fsp3) is 0.538. The van der Waals surface area contributed by atoms with Gasteiger partial charge in [0.15, 0.2) is 0 Å². The van der Waals surface area contributed by atoms with Crippen molar-refractivity contribution >= 4 is 34.6 Å². The number of halogens is 2. The minimum Gasteiger partial charge on any atom is -0.396 e. The Balaban J connectivity index is 2.14. The number of ether oxygens (including phenoxy) is 1. The lowest BCUT2D eigenvalue weighted by molar-refractivity contribution is -0.384. The van der Waals surface area contributed by atoms with E-state index in [1.54, 1.807) is 0 Å². The molecular weight excluding hydrogens is 319 g/mol. The molecule has 1 aromatic rings. The Bertz CT molecular complexity index is 510. The highest BCUT2D eigenvalue weighted by molar-refractivity contribution is 6.39. The van der Waals surface area contributed by atoms with Crippen molar-refractivity contribution in [1.82, 2.24) is 0 Å². The molecule has 0 bridgehead atoms. The molecule has 8 heteroatoms. The van der Waals surface area contributed by atoms with Crippen molar-refractivity contribution in [3.63, 3.8) is 0 Å². The number of non-ortho nitro benzene ring substituents is 1. The SMILES string of the molecule is O=[N+]([O-])c1cc(Cl)c(NC[C@]2(CCO)CCOC2)c(Cl)c1. The van der Waals surface area contributed by atoms with Crippen LogP contribution in [-0.2, 0) is 4.74 Å². The minimum atomic E-state index is -0.542. The summed E-state index contributed by atoms with van der Waals surface area (Å²) in [6, 6.07) is 2.53. The van der Waals surface area contributed by atoms with Gasteiger partial charge in [-0.2, -0.15) is 0 Å². The summed E-state index contributed by atoms with van der Waals surface area (Å²) in [7, 11) is 0. The van der Waals surface area contributed by atoms with E-state index in [1.165, 1.54) is 12.1 Å². The van der Waals surface area contributed by atoms with E-state index >= 15 is 0 Å². The van der Waals surface area contributed by atoms with E-state index in [4.69, 9.17) is 27.9 Å². The van der Waals surface area contributed by atoms with Crippen LogP contribution in [-0.4, -0.2) is 36.4 Å². The number of aliphatic hydroxyl groups is 1. The first-order valence-electron chi connectivity index (χ1n) is 6.53. The summed E-state index contributed by atoms with van der Waals surface area (Å²) in [5.41, 5.74) is 0.154. The predicted octanol–water partition coefficient (Wildman–Crippen LogP) is 3.10. The molecule has 0 unspecified atom stereocenters. The van der Waals surface area contributed by atoms with Gasteiger partial charge in [-0.25, -0.2) is 0 Å². The van der Waals surface area contributed by atoms with Gasteiger partial charge in [-0.15, -0.1) is 0 Å². The van der Waals surface area contributed by atoms with Crippen LogP contribution in [0.25, 0.3) is 0 Å². The summed E-state index contributed by atoms with van der Waals surface area (Å²) in [4.78, 5) is 10.2. The average Bonchev–Trinajstić information content (AvgIpc) is 2.87. The fourth-order valence-corrected chi connectivity index (χ4v) is 3.03. The smallest absolute Gasteiger partial charge is 0.272 e. The van der Waals surface area contributed by atoms with Gasteiger partial charge >= 0.3 is 0 Å². The molecule has 1 heterocycles. The van der Waals surface area contributed by atoms with Crippen LogP contribution in [0.4, 0.5) is 11.4 Å². The van der Waals surface area contributed by atoms with Gasteiger partial charge in [0.2, 0.25) is 0 Å². The van der Waals surface area contributed by atoms with Crippen molar-refractivity contribution < 1.29 is 14.8 Å². The van der Waals surface area contributed by atoms with Crippen LogP contribution in [0.3, 0.4) is 0 Å². The maximum Gasteiger partial charge on any atom is 0.272 e. The number of nitro groups is 1. The maximum atomic E-state index is 10.7. The van der Waals surface area contributed by atoms with Crippen molar-refractivity contribution in [3.05, 3.63) is 32.3 Å². The molecule has 1 atom stereocenters. The van der Waals surface area contributed by atoms with Crippen LogP contribution in [0.15, 0.2) is 12.1 Å². The van der Waals surface area contributed by atoms with Crippen molar-refractivity contribution in [1.29, 1.82) is 0 Å². The average molecular weight is 335 g/mol. The monoisotopic (exact) mass is 334 g/mol. The second-order valence-corrected chi connectivity index (χ2v) is 5.99. The molecule has 2 N–H and O–H groups in total. The van der Waals surface area contributed by atoms with E-state index in [0.29, 0.717) is 31.9 Å². The van der Waals surface area contributed by atoms with Crippen molar-refractivity contribution in [2.24, 2.45) is 5.41 Å². The first kappa shape index (κ1) is 16.3. The van der Waals surface area contributed by atoms with Crippen LogP contribution in [0, 0.1) is 15.5 Å². The molecule has 1 saturated heterocycles. The zero-order valence-corrected chi connectivity index (χ0v) is 12.8. The van der Waals surface area contributed by atoms with Gasteiger partial charge in [0, 0.05) is 37.3 Å². The van der Waals surface area contributed by atoms with Crippen LogP contribution >= 0.6 is 23.2 Å². The molecule has 1 aliphatic rings. The number of nitrogens with one attached hydrogen (secondary N) is 1. The Morgan fingerprint density at radius 1 is 1.43 bits per heavy atom. The zero-order chi connectivity index (χ0) is 15.5. The number of hydrogen-bond acceptors (Lipinski definition) is 5. The van der Waals surface area contributed by atoms with Crippen LogP contribution in [0.2, 0.25) is 10.0 Å². The quantitative estimate of drug-likeness (QED) is 0.616. The molecule has 0 aliphatic carbocycles. The molecule has 0 radical (unpaired) electrons. The summed E-state index contributed by atoms with van der Waals surface area (Å²) in [5, 5.41) is 23.5. The molecule has 2 rings (SSSR count). The van der Waals surface area contributed by atoms with Crippen molar-refractivity contribution in [2.75, 3.05) is 31.7 Å². The highest BCUT2D eigenvalue weighted by Crippen LogP contribution is 2.37. The Labute approximate surface area is 132 Å². The van der Waals surface area contributed by atoms with E-state index in [1.807, 2.05) is 0 Å². The van der Waals surface area contributed by atoms with Crippen LogP contribution < -0.4 is 5.32 Å². The van der Waals surface area contributed by atoms with Gasteiger partial charge in [-0.05, 0) is 12.8 Å². The molecule has 1 fully saturated rings. The standard InChI is InChI=1S/C13H16Cl2N2O4/c14-10-5-9(17(19)20)6-11(15)12(10)16-7-13(1-3-18)2-4-21-8-13/h5-6,16,18H,1-4,7-8H2/t13-/m0/s1. The summed E-state index contributed by atoms with van der Waals surface area (Å²) in [6.45, 7) is 1.82. The summed E-state index contributed by atoms with van der Waals surface area (Å²) in [5.74, 6) is 0. The third kappa shape index (κ3) is 3.77. The second-order valence-electron chi connectivity index (χ2n) is 5.17. The van der Waals surface area contributed by atoms with Gasteiger partial charge in [-0.1, -0.05) is 23.2 Å². The summed E-state index contributed by atoms with van der Waals surface area (Å²) in [6.07, 6.45) is 1.45. The molecule has 1 aromatic carbocycles. The Hall–Kier alpha value is -1.08. The van der Waals surface area contributed by atoms with Crippen molar-refractivity contribution in [3.8, 4) is 0 Å². The predicted molar refractivity (Wildman–Crippen MR) is 81.2 cm³/mol.